The van der Waals surface area contributed by atoms with Gasteiger partial charge in [0.2, 0.25) is 0 Å². The van der Waals surface area contributed by atoms with Crippen molar-refractivity contribution in [3.63, 3.8) is 0 Å². The lowest BCUT2D eigenvalue weighted by molar-refractivity contribution is -0.385. The van der Waals surface area contributed by atoms with Gasteiger partial charge < -0.3 is 4.74 Å². The summed E-state index contributed by atoms with van der Waals surface area (Å²) in [5, 5.41) is 11.1. The number of hydrogen-bond donors (Lipinski definition) is 0. The van der Waals surface area contributed by atoms with Crippen molar-refractivity contribution >= 4 is 11.7 Å². The van der Waals surface area contributed by atoms with Crippen molar-refractivity contribution < 1.29 is 14.5 Å². The topological polar surface area (TPSA) is 69.4 Å². The van der Waals surface area contributed by atoms with Crippen LogP contribution in [0.25, 0.3) is 0 Å². The Hall–Kier alpha value is -2.69. The largest absolute Gasteiger partial charge is 0.457 e. The zero-order valence-electron chi connectivity index (χ0n) is 11.6. The van der Waals surface area contributed by atoms with Gasteiger partial charge in [-0.2, -0.15) is 0 Å². The summed E-state index contributed by atoms with van der Waals surface area (Å²) in [6.45, 7) is 1.33. The van der Waals surface area contributed by atoms with Gasteiger partial charge in [-0.05, 0) is 5.56 Å². The minimum atomic E-state index is -0.537. The number of hydrogen-bond acceptors (Lipinski definition) is 4. The molecule has 0 saturated heterocycles. The molecule has 5 nitrogen and oxygen atoms in total. The summed E-state index contributed by atoms with van der Waals surface area (Å²) in [6, 6.07) is 15.7. The van der Waals surface area contributed by atoms with Gasteiger partial charge in [0.1, 0.15) is 6.10 Å². The fraction of sp³-hybridized carbons (Fsp3) is 0.188. The van der Waals surface area contributed by atoms with E-state index in [-0.39, 0.29) is 12.1 Å². The van der Waals surface area contributed by atoms with Crippen LogP contribution in [-0.2, 0) is 16.0 Å². The van der Waals surface area contributed by atoms with E-state index in [0.29, 0.717) is 5.56 Å². The van der Waals surface area contributed by atoms with Crippen molar-refractivity contribution in [3.8, 4) is 0 Å². The molecule has 2 rings (SSSR count). The number of carbonyl (C=O) groups is 1. The maximum absolute atomic E-state index is 11.3. The molecule has 0 amide bonds. The molecule has 1 atom stereocenters. The molecule has 2 aromatic rings. The molecule has 0 aromatic heterocycles. The van der Waals surface area contributed by atoms with Crippen LogP contribution in [-0.4, -0.2) is 10.9 Å². The first-order valence-corrected chi connectivity index (χ1v) is 6.52. The standard InChI is InChI=1S/C16H15NO4/c1-12(18)21-16(13-7-3-2-4-8-13)11-14-9-5-6-10-15(14)17(19)20/h2-10,16H,11H2,1H3. The monoisotopic (exact) mass is 285 g/mol. The van der Waals surface area contributed by atoms with Crippen LogP contribution in [0.5, 0.6) is 0 Å². The Labute approximate surface area is 122 Å². The molecular weight excluding hydrogens is 270 g/mol. The van der Waals surface area contributed by atoms with Gasteiger partial charge >= 0.3 is 5.97 Å². The van der Waals surface area contributed by atoms with Crippen LogP contribution < -0.4 is 0 Å². The van der Waals surface area contributed by atoms with Gasteiger partial charge in [-0.1, -0.05) is 48.5 Å². The number of rotatable bonds is 5. The Bertz CT molecular complexity index is 640. The summed E-state index contributed by atoms with van der Waals surface area (Å²) >= 11 is 0. The molecule has 0 aliphatic rings. The van der Waals surface area contributed by atoms with E-state index in [1.807, 2.05) is 30.3 Å². The van der Waals surface area contributed by atoms with Crippen molar-refractivity contribution in [2.45, 2.75) is 19.4 Å². The lowest BCUT2D eigenvalue weighted by Gasteiger charge is -2.17. The van der Waals surface area contributed by atoms with E-state index >= 15 is 0 Å². The molecule has 2 aromatic carbocycles. The predicted molar refractivity (Wildman–Crippen MR) is 77.7 cm³/mol. The second-order valence-electron chi connectivity index (χ2n) is 4.60. The Morgan fingerprint density at radius 3 is 2.38 bits per heavy atom. The quantitative estimate of drug-likeness (QED) is 0.479. The Morgan fingerprint density at radius 1 is 1.14 bits per heavy atom. The summed E-state index contributed by atoms with van der Waals surface area (Å²) in [5.74, 6) is -0.414. The maximum Gasteiger partial charge on any atom is 0.303 e. The molecule has 0 bridgehead atoms. The van der Waals surface area contributed by atoms with E-state index in [1.165, 1.54) is 13.0 Å². The first-order valence-electron chi connectivity index (χ1n) is 6.52. The third-order valence-corrected chi connectivity index (χ3v) is 3.07. The molecule has 0 aliphatic carbocycles. The summed E-state index contributed by atoms with van der Waals surface area (Å²) < 4.78 is 5.31. The molecule has 21 heavy (non-hydrogen) atoms. The zero-order chi connectivity index (χ0) is 15.2. The molecule has 108 valence electrons. The van der Waals surface area contributed by atoms with Crippen LogP contribution in [0.1, 0.15) is 24.2 Å². The Morgan fingerprint density at radius 2 is 1.76 bits per heavy atom. The van der Waals surface area contributed by atoms with Crippen molar-refractivity contribution in [3.05, 3.63) is 75.8 Å². The summed E-state index contributed by atoms with van der Waals surface area (Å²) in [7, 11) is 0. The number of nitrogens with zero attached hydrogens (tertiary/aromatic N) is 1. The van der Waals surface area contributed by atoms with E-state index in [1.54, 1.807) is 18.2 Å². The van der Waals surface area contributed by atoms with Crippen molar-refractivity contribution in [2.75, 3.05) is 0 Å². The lowest BCUT2D eigenvalue weighted by Crippen LogP contribution is -2.12. The van der Waals surface area contributed by atoms with Crippen LogP contribution >= 0.6 is 0 Å². The predicted octanol–water partition coefficient (Wildman–Crippen LogP) is 3.44. The normalized spacial score (nSPS) is 11.7. The molecule has 0 N–H and O–H groups in total. The van der Waals surface area contributed by atoms with E-state index in [4.69, 9.17) is 4.74 Å². The number of nitro benzene ring substituents is 1. The van der Waals surface area contributed by atoms with E-state index in [2.05, 4.69) is 0 Å². The average molecular weight is 285 g/mol. The summed E-state index contributed by atoms with van der Waals surface area (Å²) in [4.78, 5) is 21.9. The van der Waals surface area contributed by atoms with Gasteiger partial charge in [0.25, 0.3) is 5.69 Å². The zero-order valence-corrected chi connectivity index (χ0v) is 11.6. The van der Waals surface area contributed by atoms with Gasteiger partial charge in [-0.3, -0.25) is 14.9 Å². The Kier molecular flexibility index (Phi) is 4.66. The average Bonchev–Trinajstić information content (AvgIpc) is 2.47. The maximum atomic E-state index is 11.3. The smallest absolute Gasteiger partial charge is 0.303 e. The highest BCUT2D eigenvalue weighted by atomic mass is 16.6. The Balaban J connectivity index is 2.32. The molecule has 0 saturated carbocycles. The molecule has 0 heterocycles. The minimum Gasteiger partial charge on any atom is -0.457 e. The number of benzene rings is 2. The molecule has 0 radical (unpaired) electrons. The molecule has 0 spiro atoms. The molecule has 5 heteroatoms. The molecule has 1 unspecified atom stereocenters. The molecular formula is C16H15NO4. The van der Waals surface area contributed by atoms with Gasteiger partial charge in [0.05, 0.1) is 4.92 Å². The number of para-hydroxylation sites is 1. The number of esters is 1. The van der Waals surface area contributed by atoms with Crippen molar-refractivity contribution in [1.29, 1.82) is 0 Å². The lowest BCUT2D eigenvalue weighted by atomic mass is 10.00. The van der Waals surface area contributed by atoms with Crippen molar-refractivity contribution in [2.24, 2.45) is 0 Å². The van der Waals surface area contributed by atoms with Gasteiger partial charge in [-0.15, -0.1) is 0 Å². The first kappa shape index (κ1) is 14.7. The van der Waals surface area contributed by atoms with Crippen LogP contribution in [0.2, 0.25) is 0 Å². The molecule has 0 aliphatic heterocycles. The second kappa shape index (κ2) is 6.65. The van der Waals surface area contributed by atoms with E-state index in [9.17, 15) is 14.9 Å². The summed E-state index contributed by atoms with van der Waals surface area (Å²) in [6.07, 6.45) is -0.273. The molecule has 0 fully saturated rings. The van der Waals surface area contributed by atoms with E-state index in [0.717, 1.165) is 5.56 Å². The summed E-state index contributed by atoms with van der Waals surface area (Å²) in [5.41, 5.74) is 1.38. The highest BCUT2D eigenvalue weighted by Crippen LogP contribution is 2.27. The second-order valence-corrected chi connectivity index (χ2v) is 4.60. The van der Waals surface area contributed by atoms with E-state index < -0.39 is 17.0 Å². The SMILES string of the molecule is CC(=O)OC(Cc1ccccc1[N+](=O)[O-])c1ccccc1. The van der Waals surface area contributed by atoms with Crippen LogP contribution in [0.4, 0.5) is 5.69 Å². The highest BCUT2D eigenvalue weighted by Gasteiger charge is 2.20. The highest BCUT2D eigenvalue weighted by molar-refractivity contribution is 5.66. The third kappa shape index (κ3) is 3.89. The van der Waals surface area contributed by atoms with Crippen LogP contribution in [0.15, 0.2) is 54.6 Å². The van der Waals surface area contributed by atoms with Crippen molar-refractivity contribution in [1.82, 2.24) is 0 Å². The van der Waals surface area contributed by atoms with Gasteiger partial charge in [0, 0.05) is 25.0 Å². The third-order valence-electron chi connectivity index (χ3n) is 3.07. The number of ether oxygens (including phenoxy) is 1. The first-order chi connectivity index (χ1) is 10.1. The minimum absolute atomic E-state index is 0.0329. The number of nitro groups is 1. The fourth-order valence-corrected chi connectivity index (χ4v) is 2.16. The van der Waals surface area contributed by atoms with Gasteiger partial charge in [-0.25, -0.2) is 0 Å². The number of carbonyl (C=O) groups excluding carboxylic acids is 1. The van der Waals surface area contributed by atoms with Gasteiger partial charge in [0.15, 0.2) is 0 Å². The van der Waals surface area contributed by atoms with Crippen LogP contribution in [0.3, 0.4) is 0 Å². The van der Waals surface area contributed by atoms with Crippen LogP contribution in [0, 0.1) is 10.1 Å². The fourth-order valence-electron chi connectivity index (χ4n) is 2.16.